The monoisotopic (exact) mass is 254 g/mol. The highest BCUT2D eigenvalue weighted by atomic mass is 35.5. The summed E-state index contributed by atoms with van der Waals surface area (Å²) >= 11 is 5.83. The van der Waals surface area contributed by atoms with Crippen LogP contribution in [0.2, 0.25) is 5.02 Å². The number of hydrogen-bond acceptors (Lipinski definition) is 5. The van der Waals surface area contributed by atoms with Crippen molar-refractivity contribution in [2.45, 2.75) is 6.54 Å². The predicted molar refractivity (Wildman–Crippen MR) is 62.7 cm³/mol. The molecule has 1 aromatic rings. The number of hydrogen-bond donors (Lipinski definition) is 1. The molecule has 90 valence electrons. The standard InChI is InChI=1S/C10H11ClN4O2/c11-9-3-8(4-12-5-9)6-14-2-1-13-10(14)7-15(16)17/h3-5,7,13H,1-2,6H2/b10-7+. The summed E-state index contributed by atoms with van der Waals surface area (Å²) in [6, 6.07) is 1.80. The molecule has 1 fully saturated rings. The number of nitrogens with zero attached hydrogens (tertiary/aromatic N) is 3. The van der Waals surface area contributed by atoms with Gasteiger partial charge in [-0.05, 0) is 11.6 Å². The Bertz CT molecular complexity index is 463. The Morgan fingerprint density at radius 2 is 2.47 bits per heavy atom. The Kier molecular flexibility index (Phi) is 3.43. The van der Waals surface area contributed by atoms with Crippen molar-refractivity contribution in [3.8, 4) is 0 Å². The second-order valence-electron chi connectivity index (χ2n) is 3.66. The molecule has 17 heavy (non-hydrogen) atoms. The SMILES string of the molecule is O=[N+]([O-])/C=C1\NCCN1Cc1cncc(Cl)c1. The lowest BCUT2D eigenvalue weighted by Gasteiger charge is -2.16. The summed E-state index contributed by atoms with van der Waals surface area (Å²) < 4.78 is 0. The first-order valence-corrected chi connectivity index (χ1v) is 5.46. The van der Waals surface area contributed by atoms with Crippen LogP contribution in [0.4, 0.5) is 0 Å². The van der Waals surface area contributed by atoms with E-state index in [2.05, 4.69) is 10.3 Å². The van der Waals surface area contributed by atoms with E-state index < -0.39 is 4.92 Å². The summed E-state index contributed by atoms with van der Waals surface area (Å²) in [6.45, 7) is 1.99. The second-order valence-corrected chi connectivity index (χ2v) is 4.10. The van der Waals surface area contributed by atoms with E-state index in [-0.39, 0.29) is 0 Å². The lowest BCUT2D eigenvalue weighted by molar-refractivity contribution is -0.404. The minimum Gasteiger partial charge on any atom is -0.365 e. The van der Waals surface area contributed by atoms with Crippen LogP contribution in [-0.4, -0.2) is 27.9 Å². The van der Waals surface area contributed by atoms with Gasteiger partial charge in [0.2, 0.25) is 0 Å². The molecule has 1 aliphatic heterocycles. The number of halogens is 1. The first-order chi connectivity index (χ1) is 8.15. The lowest BCUT2D eigenvalue weighted by Crippen LogP contribution is -2.20. The van der Waals surface area contributed by atoms with E-state index in [1.54, 1.807) is 18.5 Å². The van der Waals surface area contributed by atoms with Crippen LogP contribution in [0, 0.1) is 10.1 Å². The first kappa shape index (κ1) is 11.7. The van der Waals surface area contributed by atoms with E-state index in [9.17, 15) is 10.1 Å². The minimum absolute atomic E-state index is 0.461. The number of pyridine rings is 1. The van der Waals surface area contributed by atoms with Gasteiger partial charge < -0.3 is 10.2 Å². The molecule has 7 heteroatoms. The third-order valence-corrected chi connectivity index (χ3v) is 2.60. The summed E-state index contributed by atoms with van der Waals surface area (Å²) in [4.78, 5) is 15.8. The molecular formula is C10H11ClN4O2. The molecule has 1 aromatic heterocycles. The minimum atomic E-state index is -0.461. The van der Waals surface area contributed by atoms with Gasteiger partial charge in [-0.1, -0.05) is 11.6 Å². The molecule has 1 aliphatic rings. The van der Waals surface area contributed by atoms with Crippen LogP contribution in [-0.2, 0) is 6.54 Å². The number of nitro groups is 1. The quantitative estimate of drug-likeness (QED) is 0.649. The van der Waals surface area contributed by atoms with Gasteiger partial charge in [0.25, 0.3) is 6.20 Å². The number of aromatic nitrogens is 1. The van der Waals surface area contributed by atoms with Crippen LogP contribution < -0.4 is 5.32 Å². The van der Waals surface area contributed by atoms with Crippen molar-refractivity contribution in [3.05, 3.63) is 51.2 Å². The van der Waals surface area contributed by atoms with Gasteiger partial charge >= 0.3 is 0 Å². The van der Waals surface area contributed by atoms with Gasteiger partial charge in [0.1, 0.15) is 0 Å². The van der Waals surface area contributed by atoms with E-state index in [1.165, 1.54) is 0 Å². The van der Waals surface area contributed by atoms with Crippen LogP contribution in [0.1, 0.15) is 5.56 Å². The molecule has 0 unspecified atom stereocenters. The zero-order valence-electron chi connectivity index (χ0n) is 8.97. The largest absolute Gasteiger partial charge is 0.365 e. The second kappa shape index (κ2) is 5.01. The molecule has 2 heterocycles. The van der Waals surface area contributed by atoms with Gasteiger partial charge in [0, 0.05) is 32.0 Å². The Morgan fingerprint density at radius 1 is 1.65 bits per heavy atom. The van der Waals surface area contributed by atoms with Gasteiger partial charge in [-0.25, -0.2) is 0 Å². The summed E-state index contributed by atoms with van der Waals surface area (Å²) in [6.07, 6.45) is 4.24. The van der Waals surface area contributed by atoms with Crippen molar-refractivity contribution in [1.29, 1.82) is 0 Å². The van der Waals surface area contributed by atoms with Crippen molar-refractivity contribution >= 4 is 11.6 Å². The summed E-state index contributed by atoms with van der Waals surface area (Å²) in [5.41, 5.74) is 0.926. The molecule has 0 amide bonds. The topological polar surface area (TPSA) is 71.3 Å². The van der Waals surface area contributed by atoms with E-state index in [4.69, 9.17) is 11.6 Å². The average molecular weight is 255 g/mol. The normalized spacial score (nSPS) is 17.2. The molecule has 2 rings (SSSR count). The zero-order valence-corrected chi connectivity index (χ0v) is 9.72. The van der Waals surface area contributed by atoms with Gasteiger partial charge in [-0.2, -0.15) is 0 Å². The maximum atomic E-state index is 10.4. The van der Waals surface area contributed by atoms with E-state index >= 15 is 0 Å². The zero-order chi connectivity index (χ0) is 12.3. The molecule has 0 saturated carbocycles. The van der Waals surface area contributed by atoms with Crippen LogP contribution >= 0.6 is 11.6 Å². The fourth-order valence-electron chi connectivity index (χ4n) is 1.71. The number of nitrogens with one attached hydrogen (secondary N) is 1. The molecule has 0 bridgehead atoms. The lowest BCUT2D eigenvalue weighted by atomic mass is 10.2. The fraction of sp³-hybridized carbons (Fsp3) is 0.300. The molecule has 0 aliphatic carbocycles. The molecule has 0 spiro atoms. The molecule has 0 atom stereocenters. The highest BCUT2D eigenvalue weighted by Crippen LogP contribution is 2.15. The predicted octanol–water partition coefficient (Wildman–Crippen LogP) is 1.22. The Balaban J connectivity index is 2.10. The van der Waals surface area contributed by atoms with Crippen LogP contribution in [0.3, 0.4) is 0 Å². The summed E-state index contributed by atoms with van der Waals surface area (Å²) in [7, 11) is 0. The number of rotatable bonds is 3. The average Bonchev–Trinajstić information content (AvgIpc) is 2.65. The molecular weight excluding hydrogens is 244 g/mol. The third-order valence-electron chi connectivity index (χ3n) is 2.39. The van der Waals surface area contributed by atoms with Crippen LogP contribution in [0.5, 0.6) is 0 Å². The van der Waals surface area contributed by atoms with E-state index in [0.29, 0.717) is 23.9 Å². The van der Waals surface area contributed by atoms with Gasteiger partial charge in [0.15, 0.2) is 5.82 Å². The van der Waals surface area contributed by atoms with Crippen molar-refractivity contribution in [2.75, 3.05) is 13.1 Å². The van der Waals surface area contributed by atoms with Gasteiger partial charge in [0.05, 0.1) is 9.95 Å². The first-order valence-electron chi connectivity index (χ1n) is 5.09. The maximum absolute atomic E-state index is 10.4. The van der Waals surface area contributed by atoms with Gasteiger partial charge in [-0.15, -0.1) is 0 Å². The Hall–Kier alpha value is -1.82. The van der Waals surface area contributed by atoms with Crippen LogP contribution in [0.15, 0.2) is 30.5 Å². The van der Waals surface area contributed by atoms with Crippen molar-refractivity contribution in [3.63, 3.8) is 0 Å². The molecule has 0 aromatic carbocycles. The van der Waals surface area contributed by atoms with E-state index in [1.807, 2.05) is 4.90 Å². The highest BCUT2D eigenvalue weighted by molar-refractivity contribution is 6.30. The summed E-state index contributed by atoms with van der Waals surface area (Å²) in [5, 5.41) is 14.0. The van der Waals surface area contributed by atoms with Crippen molar-refractivity contribution in [1.82, 2.24) is 15.2 Å². The molecule has 1 N–H and O–H groups in total. The van der Waals surface area contributed by atoms with Crippen molar-refractivity contribution < 1.29 is 4.92 Å². The van der Waals surface area contributed by atoms with Crippen molar-refractivity contribution in [2.24, 2.45) is 0 Å². The summed E-state index contributed by atoms with van der Waals surface area (Å²) in [5.74, 6) is 0.523. The smallest absolute Gasteiger partial charge is 0.274 e. The van der Waals surface area contributed by atoms with E-state index in [0.717, 1.165) is 18.3 Å². The Morgan fingerprint density at radius 3 is 3.18 bits per heavy atom. The molecule has 1 saturated heterocycles. The highest BCUT2D eigenvalue weighted by Gasteiger charge is 2.19. The van der Waals surface area contributed by atoms with Crippen LogP contribution in [0.25, 0.3) is 0 Å². The van der Waals surface area contributed by atoms with Gasteiger partial charge in [-0.3, -0.25) is 15.1 Å². The Labute approximate surface area is 103 Å². The maximum Gasteiger partial charge on any atom is 0.274 e. The fourth-order valence-corrected chi connectivity index (χ4v) is 1.90. The third kappa shape index (κ3) is 3.07. The molecule has 6 nitrogen and oxygen atoms in total. The molecule has 0 radical (unpaired) electrons.